The van der Waals surface area contributed by atoms with Crippen molar-refractivity contribution in [3.8, 4) is 16.9 Å². The van der Waals surface area contributed by atoms with Crippen LogP contribution in [0.2, 0.25) is 0 Å². The van der Waals surface area contributed by atoms with Crippen LogP contribution >= 0.6 is 0 Å². The zero-order valence-corrected chi connectivity index (χ0v) is 20.0. The van der Waals surface area contributed by atoms with Crippen LogP contribution in [-0.4, -0.2) is 53.6 Å². The number of anilines is 1. The van der Waals surface area contributed by atoms with Gasteiger partial charge in [0.25, 0.3) is 0 Å². The molecule has 1 spiro atoms. The molecule has 1 atom stereocenters. The number of fused-ring (bicyclic) bond motifs is 2. The van der Waals surface area contributed by atoms with Crippen molar-refractivity contribution in [1.82, 2.24) is 9.97 Å². The van der Waals surface area contributed by atoms with Gasteiger partial charge in [0.1, 0.15) is 34.3 Å². The molecule has 37 heavy (non-hydrogen) atoms. The molecule has 6 rings (SSSR count). The van der Waals surface area contributed by atoms with Gasteiger partial charge in [-0.05, 0) is 52.6 Å². The van der Waals surface area contributed by atoms with Crippen molar-refractivity contribution in [3.05, 3.63) is 59.4 Å². The lowest BCUT2D eigenvalue weighted by atomic mass is 9.91. The molecule has 2 aliphatic heterocycles. The highest BCUT2D eigenvalue weighted by Crippen LogP contribution is 2.42. The third-order valence-corrected chi connectivity index (χ3v) is 7.23. The van der Waals surface area contributed by atoms with Crippen molar-refractivity contribution in [2.24, 2.45) is 0 Å². The number of phenols is 1. The molecule has 1 unspecified atom stereocenters. The summed E-state index contributed by atoms with van der Waals surface area (Å²) < 4.78 is 72.6. The fraction of sp³-hybridized carbons (Fsp3) is 0.333. The van der Waals surface area contributed by atoms with Gasteiger partial charge in [-0.25, -0.2) is 13.2 Å². The van der Waals surface area contributed by atoms with Crippen molar-refractivity contribution >= 4 is 27.5 Å². The summed E-state index contributed by atoms with van der Waals surface area (Å²) in [5.41, 5.74) is -1.33. The zero-order chi connectivity index (χ0) is 25.9. The Bertz CT molecular complexity index is 1560. The van der Waals surface area contributed by atoms with Gasteiger partial charge in [0, 0.05) is 18.4 Å². The number of hydrogen-bond acceptors (Lipinski definition) is 6. The molecule has 0 aliphatic carbocycles. The number of halogens is 4. The van der Waals surface area contributed by atoms with Gasteiger partial charge in [-0.1, -0.05) is 13.0 Å². The van der Waals surface area contributed by atoms with Gasteiger partial charge >= 0.3 is 6.08 Å². The van der Waals surface area contributed by atoms with Gasteiger partial charge < -0.3 is 19.5 Å². The number of rotatable bonds is 3. The van der Waals surface area contributed by atoms with E-state index in [2.05, 4.69) is 9.97 Å². The zero-order valence-electron chi connectivity index (χ0n) is 20.0. The Hall–Kier alpha value is -3.50. The molecule has 3 aromatic carbocycles. The van der Waals surface area contributed by atoms with Gasteiger partial charge in [-0.15, -0.1) is 0 Å². The van der Waals surface area contributed by atoms with E-state index in [-0.39, 0.29) is 39.9 Å². The second-order valence-electron chi connectivity index (χ2n) is 9.49. The lowest BCUT2D eigenvalue weighted by Crippen LogP contribution is -2.54. The Kier molecular flexibility index (Phi) is 5.68. The minimum absolute atomic E-state index is 0.0112. The van der Waals surface area contributed by atoms with Crippen LogP contribution in [-0.2, 0) is 15.9 Å². The van der Waals surface area contributed by atoms with E-state index in [9.17, 15) is 13.9 Å². The van der Waals surface area contributed by atoms with E-state index in [1.165, 1.54) is 24.3 Å². The minimum atomic E-state index is -1.17. The maximum atomic E-state index is 16.1. The molecule has 2 saturated heterocycles. The first-order valence-corrected chi connectivity index (χ1v) is 12.1. The van der Waals surface area contributed by atoms with Crippen LogP contribution in [0.1, 0.15) is 18.9 Å². The quantitative estimate of drug-likeness (QED) is 0.298. The molecule has 2 fully saturated rings. The molecule has 6 nitrogen and oxygen atoms in total. The predicted octanol–water partition coefficient (Wildman–Crippen LogP) is 5.27. The lowest BCUT2D eigenvalue weighted by Gasteiger charge is -2.42. The Morgan fingerprint density at radius 2 is 1.86 bits per heavy atom. The van der Waals surface area contributed by atoms with E-state index in [1.54, 1.807) is 11.8 Å². The normalized spacial score (nSPS) is 20.0. The molecule has 0 radical (unpaired) electrons. The summed E-state index contributed by atoms with van der Waals surface area (Å²) >= 11 is 0. The number of benzene rings is 3. The van der Waals surface area contributed by atoms with E-state index in [1.807, 2.05) is 0 Å². The number of ether oxygens (including phenoxy) is 2. The van der Waals surface area contributed by atoms with Crippen LogP contribution in [0.4, 0.5) is 23.4 Å². The number of aromatic hydroxyl groups is 1. The Labute approximate surface area is 209 Å². The number of hydrogen-bond donors (Lipinski definition) is 1. The van der Waals surface area contributed by atoms with Gasteiger partial charge in [0.05, 0.1) is 31.9 Å². The van der Waals surface area contributed by atoms with E-state index in [0.29, 0.717) is 38.3 Å². The maximum absolute atomic E-state index is 16.1. The van der Waals surface area contributed by atoms with Gasteiger partial charge in [-0.3, -0.25) is 0 Å². The summed E-state index contributed by atoms with van der Waals surface area (Å²) in [6.07, 6.45) is -0.184. The number of aryl methyl sites for hydroxylation is 1. The topological polar surface area (TPSA) is 67.7 Å². The first kappa shape index (κ1) is 23.9. The summed E-state index contributed by atoms with van der Waals surface area (Å²) in [6.45, 7) is 3.60. The molecule has 4 aromatic rings. The number of nitrogens with zero attached hydrogens (tertiary/aromatic N) is 3. The van der Waals surface area contributed by atoms with Crippen molar-refractivity contribution < 1.29 is 32.1 Å². The van der Waals surface area contributed by atoms with E-state index in [0.717, 1.165) is 12.5 Å². The van der Waals surface area contributed by atoms with Crippen LogP contribution < -0.4 is 4.90 Å². The molecule has 192 valence electrons. The van der Waals surface area contributed by atoms with Crippen molar-refractivity contribution in [1.29, 1.82) is 0 Å². The average Bonchev–Trinajstić information content (AvgIpc) is 3.08. The minimum Gasteiger partial charge on any atom is -0.508 e. The van der Waals surface area contributed by atoms with Crippen molar-refractivity contribution in [2.75, 3.05) is 37.8 Å². The summed E-state index contributed by atoms with van der Waals surface area (Å²) in [6, 6.07) is 6.31. The largest absolute Gasteiger partial charge is 0.508 e. The summed E-state index contributed by atoms with van der Waals surface area (Å²) in [5.74, 6) is -2.85. The number of aromatic nitrogens is 2. The lowest BCUT2D eigenvalue weighted by molar-refractivity contribution is -0.167. The second kappa shape index (κ2) is 8.81. The first-order chi connectivity index (χ1) is 17.8. The smallest absolute Gasteiger partial charge is 0.311 e. The highest BCUT2D eigenvalue weighted by molar-refractivity contribution is 6.03. The molecular weight excluding hydrogens is 490 g/mol. The SMILES string of the molecule is CCc1c(F)ccc2cc(O)cc(-c3c(F)cc4c(N5CCOCC6(CCO6)C5)nc(F)nc4c3F)c12. The molecule has 10 heteroatoms. The summed E-state index contributed by atoms with van der Waals surface area (Å²) in [4.78, 5) is 9.26. The molecule has 2 aliphatic rings. The molecule has 0 saturated carbocycles. The molecule has 1 aromatic heterocycles. The fourth-order valence-electron chi connectivity index (χ4n) is 5.40. The van der Waals surface area contributed by atoms with Crippen LogP contribution in [0.15, 0.2) is 30.3 Å². The molecular formula is C27H23F4N3O3. The van der Waals surface area contributed by atoms with Crippen molar-refractivity contribution in [3.63, 3.8) is 0 Å². The average molecular weight is 513 g/mol. The molecule has 3 heterocycles. The van der Waals surface area contributed by atoms with E-state index < -0.39 is 40.2 Å². The van der Waals surface area contributed by atoms with Crippen LogP contribution in [0.3, 0.4) is 0 Å². The summed E-state index contributed by atoms with van der Waals surface area (Å²) in [5, 5.41) is 11.0. The fourth-order valence-corrected chi connectivity index (χ4v) is 5.40. The first-order valence-electron chi connectivity index (χ1n) is 12.1. The van der Waals surface area contributed by atoms with Crippen molar-refractivity contribution in [2.45, 2.75) is 25.4 Å². The Morgan fingerprint density at radius 1 is 1.05 bits per heavy atom. The summed E-state index contributed by atoms with van der Waals surface area (Å²) in [7, 11) is 0. The van der Waals surface area contributed by atoms with E-state index in [4.69, 9.17) is 9.47 Å². The van der Waals surface area contributed by atoms with Crippen LogP contribution in [0, 0.1) is 23.5 Å². The highest BCUT2D eigenvalue weighted by atomic mass is 19.1. The third-order valence-electron chi connectivity index (χ3n) is 7.23. The Morgan fingerprint density at radius 3 is 2.59 bits per heavy atom. The second-order valence-corrected chi connectivity index (χ2v) is 9.49. The van der Waals surface area contributed by atoms with Gasteiger partial charge in [0.15, 0.2) is 5.82 Å². The monoisotopic (exact) mass is 513 g/mol. The molecule has 0 amide bonds. The van der Waals surface area contributed by atoms with Crippen LogP contribution in [0.5, 0.6) is 5.75 Å². The van der Waals surface area contributed by atoms with Gasteiger partial charge in [-0.2, -0.15) is 14.4 Å². The van der Waals surface area contributed by atoms with E-state index >= 15 is 8.78 Å². The third kappa shape index (κ3) is 3.86. The Balaban J connectivity index is 1.59. The van der Waals surface area contributed by atoms with Crippen LogP contribution in [0.25, 0.3) is 32.8 Å². The predicted molar refractivity (Wildman–Crippen MR) is 130 cm³/mol. The number of phenolic OH excluding ortho intramolecular Hbond substituents is 1. The highest BCUT2D eigenvalue weighted by Gasteiger charge is 2.42. The molecule has 0 bridgehead atoms. The van der Waals surface area contributed by atoms with Gasteiger partial charge in [0.2, 0.25) is 0 Å². The maximum Gasteiger partial charge on any atom is 0.311 e. The molecule has 1 N–H and O–H groups in total. The standard InChI is InChI=1S/C27H23F4N3O3/c1-2-16-19(28)4-3-14-9-15(35)10-17(21(14)16)22-20(29)11-18-24(23(22)30)32-26(31)33-25(18)34-6-8-36-13-27(12-34)5-7-37-27/h3-4,9-11,35H,2,5-8,12-13H2,1H3.